The van der Waals surface area contributed by atoms with Gasteiger partial charge in [0.15, 0.2) is 0 Å². The Morgan fingerprint density at radius 3 is 2.71 bits per heavy atom. The first kappa shape index (κ1) is 18.5. The molecule has 0 aliphatic carbocycles. The number of amides is 2. The lowest BCUT2D eigenvalue weighted by atomic mass is 10.1. The first-order valence-corrected chi connectivity index (χ1v) is 9.07. The second-order valence-electron chi connectivity index (χ2n) is 6.24. The van der Waals surface area contributed by atoms with E-state index < -0.39 is 11.9 Å². The molecule has 2 heterocycles. The fraction of sp³-hybridized carbons (Fsp3) is 0.105. The molecule has 0 bridgehead atoms. The van der Waals surface area contributed by atoms with E-state index >= 15 is 0 Å². The summed E-state index contributed by atoms with van der Waals surface area (Å²) >= 11 is 12.0. The third kappa shape index (κ3) is 3.46. The summed E-state index contributed by atoms with van der Waals surface area (Å²) in [7, 11) is 0. The van der Waals surface area contributed by atoms with E-state index in [2.05, 4.69) is 15.7 Å². The van der Waals surface area contributed by atoms with Crippen LogP contribution in [0.1, 0.15) is 12.5 Å². The van der Waals surface area contributed by atoms with Crippen LogP contribution in [-0.2, 0) is 9.59 Å². The van der Waals surface area contributed by atoms with Gasteiger partial charge in [-0.15, -0.1) is 0 Å². The summed E-state index contributed by atoms with van der Waals surface area (Å²) < 4.78 is 14.6. The van der Waals surface area contributed by atoms with Gasteiger partial charge in [0, 0.05) is 10.6 Å². The molecule has 1 aliphatic rings. The normalized spacial score (nSPS) is 15.2. The molecule has 4 rings (SSSR count). The Morgan fingerprint density at radius 1 is 1.21 bits per heavy atom. The van der Waals surface area contributed by atoms with Crippen LogP contribution in [0.15, 0.2) is 48.7 Å². The Labute approximate surface area is 169 Å². The Bertz CT molecular complexity index is 1080. The summed E-state index contributed by atoms with van der Waals surface area (Å²) in [5.74, 6) is -0.643. The molecule has 1 aromatic heterocycles. The van der Waals surface area contributed by atoms with E-state index in [1.54, 1.807) is 30.5 Å². The zero-order valence-electron chi connectivity index (χ0n) is 14.2. The minimum Gasteiger partial charge on any atom is -0.325 e. The molecule has 0 saturated carbocycles. The number of carbonyl (C=O) groups excluding carboxylic acids is 2. The van der Waals surface area contributed by atoms with Gasteiger partial charge in [-0.05, 0) is 35.9 Å². The minimum absolute atomic E-state index is 0.133. The lowest BCUT2D eigenvalue weighted by Crippen LogP contribution is -2.23. The highest BCUT2D eigenvalue weighted by molar-refractivity contribution is 6.35. The third-order valence-electron chi connectivity index (χ3n) is 4.37. The largest absolute Gasteiger partial charge is 0.325 e. The Balaban J connectivity index is 1.54. The molecule has 1 atom stereocenters. The van der Waals surface area contributed by atoms with Crippen LogP contribution in [0.25, 0.3) is 11.1 Å². The molecule has 0 saturated heterocycles. The highest BCUT2D eigenvalue weighted by Gasteiger charge is 2.35. The zero-order valence-corrected chi connectivity index (χ0v) is 15.8. The fourth-order valence-corrected chi connectivity index (χ4v) is 3.36. The van der Waals surface area contributed by atoms with Gasteiger partial charge in [-0.25, -0.2) is 9.07 Å². The maximum Gasteiger partial charge on any atom is 0.251 e. The Hall–Kier alpha value is -2.90. The van der Waals surface area contributed by atoms with Crippen molar-refractivity contribution in [3.63, 3.8) is 0 Å². The summed E-state index contributed by atoms with van der Waals surface area (Å²) in [6, 6.07) is 9.76. The number of hydrogen-bond donors (Lipinski definition) is 2. The van der Waals surface area contributed by atoms with Crippen LogP contribution in [0.4, 0.5) is 15.9 Å². The average Bonchev–Trinajstić information content (AvgIpc) is 3.19. The van der Waals surface area contributed by atoms with Crippen LogP contribution in [0.2, 0.25) is 10.0 Å². The second kappa shape index (κ2) is 7.26. The zero-order chi connectivity index (χ0) is 19.8. The van der Waals surface area contributed by atoms with Crippen LogP contribution in [0.5, 0.6) is 0 Å². The van der Waals surface area contributed by atoms with Crippen LogP contribution >= 0.6 is 23.2 Å². The van der Waals surface area contributed by atoms with Crippen molar-refractivity contribution in [1.29, 1.82) is 0 Å². The summed E-state index contributed by atoms with van der Waals surface area (Å²) in [6.07, 6.45) is 1.44. The molecule has 6 nitrogen and oxygen atoms in total. The molecule has 3 aromatic rings. The molecular weight excluding hydrogens is 406 g/mol. The lowest BCUT2D eigenvalue weighted by Gasteiger charge is -2.11. The van der Waals surface area contributed by atoms with Crippen molar-refractivity contribution < 1.29 is 14.0 Å². The van der Waals surface area contributed by atoms with E-state index in [0.29, 0.717) is 32.7 Å². The van der Waals surface area contributed by atoms with Gasteiger partial charge in [-0.1, -0.05) is 35.3 Å². The van der Waals surface area contributed by atoms with Crippen LogP contribution in [0.3, 0.4) is 0 Å². The van der Waals surface area contributed by atoms with Crippen molar-refractivity contribution in [2.24, 2.45) is 0 Å². The quantitative estimate of drug-likeness (QED) is 0.653. The molecule has 1 aliphatic heterocycles. The number of aromatic nitrogens is 2. The number of rotatable bonds is 4. The summed E-state index contributed by atoms with van der Waals surface area (Å²) in [4.78, 5) is 24.8. The van der Waals surface area contributed by atoms with Crippen molar-refractivity contribution in [3.8, 4) is 11.1 Å². The molecule has 2 aromatic carbocycles. The van der Waals surface area contributed by atoms with Crippen LogP contribution < -0.4 is 10.6 Å². The number of anilines is 2. The first-order chi connectivity index (χ1) is 13.4. The molecule has 28 heavy (non-hydrogen) atoms. The molecule has 0 spiro atoms. The van der Waals surface area contributed by atoms with Crippen molar-refractivity contribution in [2.75, 3.05) is 10.6 Å². The number of fused-ring (bicyclic) bond motifs is 1. The number of nitrogens with zero attached hydrogens (tertiary/aromatic N) is 2. The highest BCUT2D eigenvalue weighted by Crippen LogP contribution is 2.36. The van der Waals surface area contributed by atoms with Gasteiger partial charge in [0.25, 0.3) is 5.91 Å². The monoisotopic (exact) mass is 418 g/mol. The lowest BCUT2D eigenvalue weighted by molar-refractivity contribution is -0.123. The number of benzene rings is 2. The number of carbonyl (C=O) groups is 2. The van der Waals surface area contributed by atoms with Gasteiger partial charge in [0.1, 0.15) is 17.7 Å². The van der Waals surface area contributed by atoms with E-state index in [-0.39, 0.29) is 18.1 Å². The molecule has 9 heteroatoms. The third-order valence-corrected chi connectivity index (χ3v) is 4.94. The van der Waals surface area contributed by atoms with Gasteiger partial charge in [-0.2, -0.15) is 5.10 Å². The van der Waals surface area contributed by atoms with E-state index in [4.69, 9.17) is 23.2 Å². The summed E-state index contributed by atoms with van der Waals surface area (Å²) in [6.45, 7) is 0. The van der Waals surface area contributed by atoms with Crippen LogP contribution in [-0.4, -0.2) is 21.6 Å². The van der Waals surface area contributed by atoms with Gasteiger partial charge in [0.2, 0.25) is 5.91 Å². The minimum atomic E-state index is -0.804. The van der Waals surface area contributed by atoms with E-state index in [0.717, 1.165) is 0 Å². The van der Waals surface area contributed by atoms with E-state index in [1.165, 1.54) is 22.9 Å². The maximum absolute atomic E-state index is 13.1. The SMILES string of the molecule is O=C(CC1C(=O)Nc2c(-c3ccc(F)cc3)cnn21)Nc1cc(Cl)ccc1Cl. The standard InChI is InChI=1S/C19H13Cl2FN4O2/c20-11-3-6-14(21)15(7-11)24-17(27)8-16-19(28)25-18-13(9-23-26(16)18)10-1-4-12(22)5-2-10/h1-7,9,16H,8H2,(H,24,27)(H,25,28). The predicted molar refractivity (Wildman–Crippen MR) is 105 cm³/mol. The first-order valence-electron chi connectivity index (χ1n) is 8.31. The van der Waals surface area contributed by atoms with Gasteiger partial charge >= 0.3 is 0 Å². The molecule has 142 valence electrons. The molecular formula is C19H13Cl2FN4O2. The second-order valence-corrected chi connectivity index (χ2v) is 7.08. The Kier molecular flexibility index (Phi) is 4.78. The molecule has 2 N–H and O–H groups in total. The molecule has 2 amide bonds. The van der Waals surface area contributed by atoms with Gasteiger partial charge in [-0.3, -0.25) is 9.59 Å². The van der Waals surface area contributed by atoms with Gasteiger partial charge < -0.3 is 10.6 Å². The van der Waals surface area contributed by atoms with E-state index in [9.17, 15) is 14.0 Å². The van der Waals surface area contributed by atoms with Gasteiger partial charge in [0.05, 0.1) is 23.3 Å². The summed E-state index contributed by atoms with van der Waals surface area (Å²) in [5, 5.41) is 10.4. The average molecular weight is 419 g/mol. The Morgan fingerprint density at radius 2 is 1.96 bits per heavy atom. The number of nitrogens with one attached hydrogen (secondary N) is 2. The summed E-state index contributed by atoms with van der Waals surface area (Å²) in [5.41, 5.74) is 1.72. The van der Waals surface area contributed by atoms with Crippen molar-refractivity contribution in [2.45, 2.75) is 12.5 Å². The smallest absolute Gasteiger partial charge is 0.251 e. The van der Waals surface area contributed by atoms with Crippen molar-refractivity contribution in [3.05, 3.63) is 64.5 Å². The highest BCUT2D eigenvalue weighted by atomic mass is 35.5. The van der Waals surface area contributed by atoms with E-state index in [1.807, 2.05) is 0 Å². The predicted octanol–water partition coefficient (Wildman–Crippen LogP) is 4.52. The topological polar surface area (TPSA) is 76.0 Å². The van der Waals surface area contributed by atoms with Crippen molar-refractivity contribution in [1.82, 2.24) is 9.78 Å². The molecule has 1 unspecified atom stereocenters. The van der Waals surface area contributed by atoms with Crippen molar-refractivity contribution >= 4 is 46.5 Å². The maximum atomic E-state index is 13.1. The molecule has 0 fully saturated rings. The molecule has 0 radical (unpaired) electrons. The number of halogens is 3. The number of hydrogen-bond acceptors (Lipinski definition) is 3. The fourth-order valence-electron chi connectivity index (χ4n) is 3.02. The van der Waals surface area contributed by atoms with Crippen LogP contribution in [0, 0.1) is 5.82 Å².